The molecule has 186 valence electrons. The van der Waals surface area contributed by atoms with Gasteiger partial charge in [-0.05, 0) is 99.7 Å². The van der Waals surface area contributed by atoms with Crippen LogP contribution in [0.15, 0.2) is 42.5 Å². The lowest BCUT2D eigenvalue weighted by molar-refractivity contribution is 0.0933. The number of hydrogen-bond acceptors (Lipinski definition) is 3. The molecule has 2 aliphatic rings. The zero-order valence-electron chi connectivity index (χ0n) is 21.7. The number of aryl methyl sites for hydroxylation is 2. The minimum Gasteiger partial charge on any atom is -0.378 e. The van der Waals surface area contributed by atoms with Gasteiger partial charge in [-0.15, -0.1) is 0 Å². The molecule has 2 aromatic carbocycles. The molecule has 2 atom stereocenters. The smallest absolute Gasteiger partial charge is 0.251 e. The fourth-order valence-electron chi connectivity index (χ4n) is 4.65. The van der Waals surface area contributed by atoms with Gasteiger partial charge in [-0.2, -0.15) is 0 Å². The van der Waals surface area contributed by atoms with Gasteiger partial charge in [0.15, 0.2) is 0 Å². The van der Waals surface area contributed by atoms with Gasteiger partial charge >= 0.3 is 0 Å². The topological polar surface area (TPSA) is 50.4 Å². The predicted octanol–water partition coefficient (Wildman–Crippen LogP) is 5.65. The fourth-order valence-corrected chi connectivity index (χ4v) is 4.65. The van der Waals surface area contributed by atoms with Crippen molar-refractivity contribution in [2.45, 2.75) is 84.8 Å². The molecule has 2 aromatic rings. The maximum absolute atomic E-state index is 12.5. The third-order valence-electron chi connectivity index (χ3n) is 6.77. The molecule has 0 saturated carbocycles. The van der Waals surface area contributed by atoms with Gasteiger partial charge in [-0.3, -0.25) is 4.79 Å². The Morgan fingerprint density at radius 1 is 1.09 bits per heavy atom. The van der Waals surface area contributed by atoms with Gasteiger partial charge in [0.2, 0.25) is 0 Å². The minimum atomic E-state index is 0.0382. The Morgan fingerprint density at radius 3 is 2.53 bits per heavy atom. The molecule has 1 amide bonds. The van der Waals surface area contributed by atoms with E-state index in [0.717, 1.165) is 50.9 Å². The first-order chi connectivity index (χ1) is 16.4. The molecule has 2 unspecified atom stereocenters. The lowest BCUT2D eigenvalue weighted by Crippen LogP contribution is -2.38. The second-order valence-electron chi connectivity index (χ2n) is 10.3. The first-order valence-electron chi connectivity index (χ1n) is 13.2. The van der Waals surface area contributed by atoms with Gasteiger partial charge in [0, 0.05) is 18.2 Å². The van der Waals surface area contributed by atoms with Crippen molar-refractivity contribution in [3.8, 4) is 0 Å². The van der Waals surface area contributed by atoms with Crippen LogP contribution in [0.1, 0.15) is 79.1 Å². The number of carbonyl (C=O) groups excluding carboxylic acids is 1. The summed E-state index contributed by atoms with van der Waals surface area (Å²) in [5.41, 5.74) is 6.17. The molecule has 2 N–H and O–H groups in total. The number of hydrogen-bond donors (Lipinski definition) is 2. The Bertz CT molecular complexity index is 885. The molecule has 4 nitrogen and oxygen atoms in total. The molecular weight excluding hydrogens is 420 g/mol. The number of ether oxygens (including phenoxy) is 1. The SMILES string of the molecule is CCC1CCCO1.Cc1ccc(C(=O)NC2CCc3cc(CCNCC(C)C)ccc3C2)cc1. The number of benzene rings is 2. The Morgan fingerprint density at radius 2 is 1.88 bits per heavy atom. The maximum atomic E-state index is 12.5. The Labute approximate surface area is 206 Å². The first kappa shape index (κ1) is 26.4. The number of nitrogens with one attached hydrogen (secondary N) is 2. The van der Waals surface area contributed by atoms with Gasteiger partial charge in [-0.25, -0.2) is 0 Å². The summed E-state index contributed by atoms with van der Waals surface area (Å²) in [6, 6.07) is 14.9. The average molecular weight is 465 g/mol. The summed E-state index contributed by atoms with van der Waals surface area (Å²) in [5.74, 6) is 0.733. The summed E-state index contributed by atoms with van der Waals surface area (Å²) < 4.78 is 5.30. The van der Waals surface area contributed by atoms with Crippen LogP contribution in [0.4, 0.5) is 0 Å². The quantitative estimate of drug-likeness (QED) is 0.497. The number of carbonyl (C=O) groups is 1. The van der Waals surface area contributed by atoms with E-state index in [1.165, 1.54) is 41.5 Å². The number of amides is 1. The predicted molar refractivity (Wildman–Crippen MR) is 142 cm³/mol. The van der Waals surface area contributed by atoms with Gasteiger partial charge in [0.1, 0.15) is 0 Å². The summed E-state index contributed by atoms with van der Waals surface area (Å²) >= 11 is 0. The van der Waals surface area contributed by atoms with Gasteiger partial charge in [0.25, 0.3) is 5.91 Å². The van der Waals surface area contributed by atoms with Gasteiger partial charge < -0.3 is 15.4 Å². The van der Waals surface area contributed by atoms with Crippen molar-refractivity contribution in [2.75, 3.05) is 19.7 Å². The molecule has 0 aromatic heterocycles. The summed E-state index contributed by atoms with van der Waals surface area (Å²) in [5, 5.41) is 6.73. The Hall–Kier alpha value is -2.17. The molecule has 1 fully saturated rings. The molecular formula is C30H44N2O2. The fraction of sp³-hybridized carbons (Fsp3) is 0.567. The van der Waals surface area contributed by atoms with E-state index < -0.39 is 0 Å². The largest absolute Gasteiger partial charge is 0.378 e. The van der Waals surface area contributed by atoms with E-state index >= 15 is 0 Å². The highest BCUT2D eigenvalue weighted by atomic mass is 16.5. The van der Waals surface area contributed by atoms with E-state index in [-0.39, 0.29) is 11.9 Å². The van der Waals surface area contributed by atoms with Crippen molar-refractivity contribution in [1.82, 2.24) is 10.6 Å². The molecule has 1 saturated heterocycles. The van der Waals surface area contributed by atoms with E-state index in [2.05, 4.69) is 49.6 Å². The number of fused-ring (bicyclic) bond motifs is 1. The summed E-state index contributed by atoms with van der Waals surface area (Å²) in [4.78, 5) is 12.5. The van der Waals surface area contributed by atoms with Crippen molar-refractivity contribution in [3.63, 3.8) is 0 Å². The molecule has 1 aliphatic heterocycles. The van der Waals surface area contributed by atoms with Crippen LogP contribution < -0.4 is 10.6 Å². The Kier molecular flexibility index (Phi) is 10.6. The van der Waals surface area contributed by atoms with Crippen LogP contribution in [0.5, 0.6) is 0 Å². The minimum absolute atomic E-state index is 0.0382. The zero-order valence-corrected chi connectivity index (χ0v) is 21.7. The van der Waals surface area contributed by atoms with Crippen LogP contribution in [0.3, 0.4) is 0 Å². The zero-order chi connectivity index (χ0) is 24.3. The highest BCUT2D eigenvalue weighted by molar-refractivity contribution is 5.94. The van der Waals surface area contributed by atoms with E-state index in [9.17, 15) is 4.79 Å². The molecule has 0 bridgehead atoms. The van der Waals surface area contributed by atoms with E-state index in [4.69, 9.17) is 4.74 Å². The summed E-state index contributed by atoms with van der Waals surface area (Å²) in [7, 11) is 0. The molecule has 1 heterocycles. The van der Waals surface area contributed by atoms with Crippen molar-refractivity contribution >= 4 is 5.91 Å². The van der Waals surface area contributed by atoms with Crippen LogP contribution in [0.25, 0.3) is 0 Å². The lowest BCUT2D eigenvalue weighted by Gasteiger charge is -2.26. The highest BCUT2D eigenvalue weighted by Crippen LogP contribution is 2.23. The van der Waals surface area contributed by atoms with Crippen molar-refractivity contribution in [1.29, 1.82) is 0 Å². The van der Waals surface area contributed by atoms with Crippen LogP contribution in [-0.2, 0) is 24.0 Å². The van der Waals surface area contributed by atoms with Crippen LogP contribution in [0, 0.1) is 12.8 Å². The lowest BCUT2D eigenvalue weighted by atomic mass is 9.86. The first-order valence-corrected chi connectivity index (χ1v) is 13.2. The van der Waals surface area contributed by atoms with Crippen LogP contribution in [0.2, 0.25) is 0 Å². The summed E-state index contributed by atoms with van der Waals surface area (Å²) in [6.45, 7) is 11.8. The molecule has 0 spiro atoms. The highest BCUT2D eigenvalue weighted by Gasteiger charge is 2.21. The molecule has 34 heavy (non-hydrogen) atoms. The Balaban J connectivity index is 0.000000396. The average Bonchev–Trinajstić information content (AvgIpc) is 3.37. The van der Waals surface area contributed by atoms with Crippen molar-refractivity contribution < 1.29 is 9.53 Å². The van der Waals surface area contributed by atoms with E-state index in [1.807, 2.05) is 31.2 Å². The van der Waals surface area contributed by atoms with E-state index in [1.54, 1.807) is 0 Å². The summed E-state index contributed by atoms with van der Waals surface area (Å²) in [6.07, 6.45) is 8.42. The molecule has 0 radical (unpaired) electrons. The second kappa shape index (κ2) is 13.7. The molecule has 1 aliphatic carbocycles. The van der Waals surface area contributed by atoms with E-state index in [0.29, 0.717) is 12.0 Å². The van der Waals surface area contributed by atoms with Crippen LogP contribution >= 0.6 is 0 Å². The van der Waals surface area contributed by atoms with Crippen molar-refractivity contribution in [2.24, 2.45) is 5.92 Å². The standard InChI is InChI=1S/C24H32N2O.C6H12O/c1-17(2)16-25-13-12-19-6-9-22-15-23(11-10-21(22)14-19)26-24(27)20-7-4-18(3)5-8-20;1-2-6-4-3-5-7-6/h4-9,14,17,23,25H,10-13,15-16H2,1-3H3,(H,26,27);6H,2-5H2,1H3. The van der Waals surface area contributed by atoms with Gasteiger partial charge in [0.05, 0.1) is 6.10 Å². The van der Waals surface area contributed by atoms with Crippen LogP contribution in [-0.4, -0.2) is 37.7 Å². The number of rotatable bonds is 8. The second-order valence-corrected chi connectivity index (χ2v) is 10.3. The van der Waals surface area contributed by atoms with Gasteiger partial charge in [-0.1, -0.05) is 56.7 Å². The third-order valence-corrected chi connectivity index (χ3v) is 6.77. The molecule has 4 rings (SSSR count). The molecule has 4 heteroatoms. The third kappa shape index (κ3) is 8.56. The van der Waals surface area contributed by atoms with Crippen molar-refractivity contribution in [3.05, 3.63) is 70.3 Å². The monoisotopic (exact) mass is 464 g/mol. The maximum Gasteiger partial charge on any atom is 0.251 e. The normalized spacial score (nSPS) is 19.3.